The molecule has 8 heteroatoms. The molecule has 0 heterocycles. The standard InChI is InChI=1S/C16H22N2O5S/c1-11(16(21)22)18(8-7-17-12(2)19)15(20)10-24-14-6-4-5-13(9-14)23-3/h4-6,9,11H,7-8,10H2,1-3H3,(H,17,19)(H,21,22). The number of methoxy groups -OCH3 is 1. The Labute approximate surface area is 145 Å². The zero-order valence-electron chi connectivity index (χ0n) is 13.9. The van der Waals surface area contributed by atoms with E-state index in [1.165, 1.54) is 30.5 Å². The van der Waals surface area contributed by atoms with Crippen molar-refractivity contribution in [2.45, 2.75) is 24.8 Å². The van der Waals surface area contributed by atoms with Gasteiger partial charge in [0.2, 0.25) is 11.8 Å². The monoisotopic (exact) mass is 354 g/mol. The average molecular weight is 354 g/mol. The number of thioether (sulfide) groups is 1. The van der Waals surface area contributed by atoms with Gasteiger partial charge >= 0.3 is 5.97 Å². The van der Waals surface area contributed by atoms with Crippen molar-refractivity contribution < 1.29 is 24.2 Å². The molecule has 0 fully saturated rings. The quantitative estimate of drug-likeness (QED) is 0.648. The molecule has 0 spiro atoms. The van der Waals surface area contributed by atoms with Gasteiger partial charge < -0.3 is 20.1 Å². The molecule has 0 bridgehead atoms. The van der Waals surface area contributed by atoms with Crippen LogP contribution >= 0.6 is 11.8 Å². The van der Waals surface area contributed by atoms with Crippen molar-refractivity contribution in [2.75, 3.05) is 26.0 Å². The molecule has 1 rings (SSSR count). The zero-order valence-corrected chi connectivity index (χ0v) is 14.8. The second kappa shape index (κ2) is 9.82. The number of amides is 2. The van der Waals surface area contributed by atoms with Crippen LogP contribution < -0.4 is 10.1 Å². The van der Waals surface area contributed by atoms with E-state index < -0.39 is 12.0 Å². The Morgan fingerprint density at radius 3 is 2.67 bits per heavy atom. The number of hydrogen-bond acceptors (Lipinski definition) is 5. The van der Waals surface area contributed by atoms with Crippen molar-refractivity contribution in [2.24, 2.45) is 0 Å². The summed E-state index contributed by atoms with van der Waals surface area (Å²) in [5, 5.41) is 11.7. The van der Waals surface area contributed by atoms with Crippen LogP contribution in [0.1, 0.15) is 13.8 Å². The number of carbonyl (C=O) groups excluding carboxylic acids is 2. The lowest BCUT2D eigenvalue weighted by Gasteiger charge is -2.26. The van der Waals surface area contributed by atoms with Crippen LogP contribution in [0.3, 0.4) is 0 Å². The molecular formula is C16H22N2O5S. The molecule has 0 aliphatic heterocycles. The third-order valence-electron chi connectivity index (χ3n) is 3.28. The van der Waals surface area contributed by atoms with E-state index in [0.717, 1.165) is 4.90 Å². The molecule has 1 aromatic carbocycles. The molecule has 7 nitrogen and oxygen atoms in total. The van der Waals surface area contributed by atoms with Crippen LogP contribution in [0.25, 0.3) is 0 Å². The van der Waals surface area contributed by atoms with Gasteiger partial charge in [-0.1, -0.05) is 6.07 Å². The first kappa shape index (κ1) is 19.8. The van der Waals surface area contributed by atoms with Gasteiger partial charge in [-0.25, -0.2) is 4.79 Å². The van der Waals surface area contributed by atoms with E-state index in [4.69, 9.17) is 9.84 Å². The largest absolute Gasteiger partial charge is 0.497 e. The van der Waals surface area contributed by atoms with Crippen molar-refractivity contribution >= 4 is 29.5 Å². The van der Waals surface area contributed by atoms with Crippen molar-refractivity contribution in [3.05, 3.63) is 24.3 Å². The van der Waals surface area contributed by atoms with Crippen molar-refractivity contribution in [1.29, 1.82) is 0 Å². The van der Waals surface area contributed by atoms with Gasteiger partial charge in [0.1, 0.15) is 11.8 Å². The Morgan fingerprint density at radius 1 is 1.38 bits per heavy atom. The Balaban J connectivity index is 2.68. The van der Waals surface area contributed by atoms with Crippen LogP contribution in [0.2, 0.25) is 0 Å². The second-order valence-corrected chi connectivity index (χ2v) is 6.10. The van der Waals surface area contributed by atoms with Crippen LogP contribution in [0.4, 0.5) is 0 Å². The number of nitrogens with zero attached hydrogens (tertiary/aromatic N) is 1. The first-order valence-corrected chi connectivity index (χ1v) is 8.37. The Hall–Kier alpha value is -2.22. The number of ether oxygens (including phenoxy) is 1. The Morgan fingerprint density at radius 2 is 2.08 bits per heavy atom. The molecule has 1 atom stereocenters. The SMILES string of the molecule is COc1cccc(SCC(=O)N(CCNC(C)=O)C(C)C(=O)O)c1. The number of rotatable bonds is 9. The van der Waals surface area contributed by atoms with Crippen molar-refractivity contribution in [3.63, 3.8) is 0 Å². The van der Waals surface area contributed by atoms with E-state index in [0.29, 0.717) is 5.75 Å². The summed E-state index contributed by atoms with van der Waals surface area (Å²) in [6.07, 6.45) is 0. The number of nitrogens with one attached hydrogen (secondary N) is 1. The summed E-state index contributed by atoms with van der Waals surface area (Å²) in [5.41, 5.74) is 0. The molecule has 0 aliphatic rings. The molecule has 0 aliphatic carbocycles. The summed E-state index contributed by atoms with van der Waals surface area (Å²) in [5.74, 6) is -0.823. The number of carbonyl (C=O) groups is 3. The van der Waals surface area contributed by atoms with Crippen LogP contribution in [0.5, 0.6) is 5.75 Å². The fourth-order valence-electron chi connectivity index (χ4n) is 1.94. The molecule has 1 unspecified atom stereocenters. The van der Waals surface area contributed by atoms with Crippen LogP contribution in [0.15, 0.2) is 29.2 Å². The fraction of sp³-hybridized carbons (Fsp3) is 0.438. The van der Waals surface area contributed by atoms with Gasteiger partial charge in [0.15, 0.2) is 0 Å². The molecule has 0 saturated heterocycles. The second-order valence-electron chi connectivity index (χ2n) is 5.05. The average Bonchev–Trinajstić information content (AvgIpc) is 2.55. The number of aliphatic carboxylic acids is 1. The molecule has 0 saturated carbocycles. The minimum atomic E-state index is -1.09. The minimum absolute atomic E-state index is 0.102. The van der Waals surface area contributed by atoms with Gasteiger partial charge in [0.25, 0.3) is 0 Å². The van der Waals surface area contributed by atoms with E-state index >= 15 is 0 Å². The fourth-order valence-corrected chi connectivity index (χ4v) is 2.77. The van der Waals surface area contributed by atoms with Crippen molar-refractivity contribution in [1.82, 2.24) is 10.2 Å². The summed E-state index contributed by atoms with van der Waals surface area (Å²) in [6.45, 7) is 3.17. The van der Waals surface area contributed by atoms with E-state index in [2.05, 4.69) is 5.32 Å². The van der Waals surface area contributed by atoms with E-state index in [1.807, 2.05) is 12.1 Å². The number of hydrogen-bond donors (Lipinski definition) is 2. The van der Waals surface area contributed by atoms with Crippen LogP contribution in [0, 0.1) is 0 Å². The third-order valence-corrected chi connectivity index (χ3v) is 4.25. The highest BCUT2D eigenvalue weighted by Crippen LogP contribution is 2.23. The zero-order chi connectivity index (χ0) is 18.1. The van der Waals surface area contributed by atoms with Gasteiger partial charge in [0.05, 0.1) is 12.9 Å². The highest BCUT2D eigenvalue weighted by atomic mass is 32.2. The number of carboxylic acids is 1. The maximum Gasteiger partial charge on any atom is 0.326 e. The molecular weight excluding hydrogens is 332 g/mol. The van der Waals surface area contributed by atoms with E-state index in [1.54, 1.807) is 19.2 Å². The van der Waals surface area contributed by atoms with Crippen molar-refractivity contribution in [3.8, 4) is 5.75 Å². The topological polar surface area (TPSA) is 95.9 Å². The number of carboxylic acid groups (broad SMARTS) is 1. The molecule has 2 amide bonds. The highest BCUT2D eigenvalue weighted by molar-refractivity contribution is 8.00. The van der Waals surface area contributed by atoms with Crippen LogP contribution in [-0.4, -0.2) is 59.8 Å². The summed E-state index contributed by atoms with van der Waals surface area (Å²) in [6, 6.07) is 6.32. The van der Waals surface area contributed by atoms with Gasteiger partial charge in [0, 0.05) is 24.9 Å². The molecule has 0 radical (unpaired) electrons. The van der Waals surface area contributed by atoms with E-state index in [9.17, 15) is 14.4 Å². The minimum Gasteiger partial charge on any atom is -0.497 e. The lowest BCUT2D eigenvalue weighted by Crippen LogP contribution is -2.47. The number of benzene rings is 1. The van der Waals surface area contributed by atoms with Gasteiger partial charge in [-0.3, -0.25) is 9.59 Å². The predicted octanol–water partition coefficient (Wildman–Crippen LogP) is 1.23. The normalized spacial score (nSPS) is 11.5. The lowest BCUT2D eigenvalue weighted by atomic mass is 10.2. The summed E-state index contributed by atoms with van der Waals surface area (Å²) < 4.78 is 5.13. The highest BCUT2D eigenvalue weighted by Gasteiger charge is 2.25. The summed E-state index contributed by atoms with van der Waals surface area (Å²) in [7, 11) is 1.56. The molecule has 1 aromatic rings. The maximum atomic E-state index is 12.4. The predicted molar refractivity (Wildman–Crippen MR) is 91.2 cm³/mol. The van der Waals surface area contributed by atoms with E-state index in [-0.39, 0.29) is 30.7 Å². The Kier molecular flexibility index (Phi) is 8.11. The lowest BCUT2D eigenvalue weighted by molar-refractivity contribution is -0.148. The molecule has 2 N–H and O–H groups in total. The van der Waals surface area contributed by atoms with Gasteiger partial charge in [-0.2, -0.15) is 0 Å². The Bertz CT molecular complexity index is 594. The van der Waals surface area contributed by atoms with Gasteiger partial charge in [-0.15, -0.1) is 11.8 Å². The molecule has 24 heavy (non-hydrogen) atoms. The summed E-state index contributed by atoms with van der Waals surface area (Å²) in [4.78, 5) is 36.6. The first-order valence-electron chi connectivity index (χ1n) is 7.38. The maximum absolute atomic E-state index is 12.4. The van der Waals surface area contributed by atoms with Gasteiger partial charge in [-0.05, 0) is 25.1 Å². The molecule has 0 aromatic heterocycles. The first-order chi connectivity index (χ1) is 11.3. The third kappa shape index (κ3) is 6.49. The molecule has 132 valence electrons. The summed E-state index contributed by atoms with van der Waals surface area (Å²) >= 11 is 1.30. The van der Waals surface area contributed by atoms with Crippen LogP contribution in [-0.2, 0) is 14.4 Å². The smallest absolute Gasteiger partial charge is 0.326 e.